The van der Waals surface area contributed by atoms with Crippen LogP contribution in [-0.4, -0.2) is 51.7 Å². The summed E-state index contributed by atoms with van der Waals surface area (Å²) in [5.41, 5.74) is 0.446. The number of nitrogens with zero attached hydrogens (tertiary/aromatic N) is 2. The largest absolute Gasteiger partial charge is 0.457 e. The lowest BCUT2D eigenvalue weighted by Crippen LogP contribution is -2.62. The number of hydrogen-bond acceptors (Lipinski definition) is 5. The first-order chi connectivity index (χ1) is 13.0. The molecule has 0 radical (unpaired) electrons. The molecule has 2 aliphatic rings. The van der Waals surface area contributed by atoms with Crippen LogP contribution in [0, 0.1) is 5.82 Å². The van der Waals surface area contributed by atoms with E-state index in [2.05, 4.69) is 0 Å². The van der Waals surface area contributed by atoms with Crippen molar-refractivity contribution in [1.82, 2.24) is 9.80 Å². The Labute approximate surface area is 158 Å². The minimum atomic E-state index is -0.355. The zero-order valence-electron chi connectivity index (χ0n) is 14.1. The summed E-state index contributed by atoms with van der Waals surface area (Å²) < 4.78 is 18.6. The van der Waals surface area contributed by atoms with Crippen molar-refractivity contribution in [2.45, 2.75) is 6.04 Å². The highest BCUT2D eigenvalue weighted by Gasteiger charge is 2.43. The van der Waals surface area contributed by atoms with Crippen LogP contribution >= 0.6 is 11.8 Å². The molecule has 0 aromatic heterocycles. The molecule has 0 bridgehead atoms. The van der Waals surface area contributed by atoms with Gasteiger partial charge in [-0.05, 0) is 42.5 Å². The minimum Gasteiger partial charge on any atom is -0.457 e. The molecule has 0 unspecified atom stereocenters. The van der Waals surface area contributed by atoms with Gasteiger partial charge < -0.3 is 9.64 Å². The Hall–Kier alpha value is -2.87. The van der Waals surface area contributed by atoms with E-state index in [0.717, 1.165) is 11.8 Å². The summed E-state index contributed by atoms with van der Waals surface area (Å²) in [6, 6.07) is 12.1. The number of thioether (sulfide) groups is 1. The Morgan fingerprint density at radius 2 is 1.81 bits per heavy atom. The molecule has 3 amide bonds. The highest BCUT2D eigenvalue weighted by molar-refractivity contribution is 8.14. The Bertz CT molecular complexity index is 896. The Morgan fingerprint density at radius 1 is 1.07 bits per heavy atom. The van der Waals surface area contributed by atoms with Gasteiger partial charge in [0.05, 0.1) is 11.8 Å². The molecule has 27 heavy (non-hydrogen) atoms. The molecule has 0 saturated carbocycles. The van der Waals surface area contributed by atoms with Gasteiger partial charge in [0.2, 0.25) is 5.91 Å². The average Bonchev–Trinajstić information content (AvgIpc) is 2.95. The van der Waals surface area contributed by atoms with Gasteiger partial charge >= 0.3 is 0 Å². The molecular weight excluding hydrogens is 371 g/mol. The molecule has 2 aromatic rings. The first-order valence-corrected chi connectivity index (χ1v) is 9.31. The standard InChI is InChI=1S/C19H15FN2O4S/c20-13-4-6-15(7-5-13)26-16-3-1-2-12(8-16)18(24)21-9-14(10-21)22-17(23)11-27-19(22)25/h1-8,14H,9-11H2. The lowest BCUT2D eigenvalue weighted by Gasteiger charge is -2.42. The van der Waals surface area contributed by atoms with Crippen molar-refractivity contribution >= 4 is 28.8 Å². The number of carbonyl (C=O) groups excluding carboxylic acids is 3. The summed E-state index contributed by atoms with van der Waals surface area (Å²) in [7, 11) is 0. The molecule has 138 valence electrons. The monoisotopic (exact) mass is 386 g/mol. The summed E-state index contributed by atoms with van der Waals surface area (Å²) >= 11 is 0.995. The van der Waals surface area contributed by atoms with Crippen molar-refractivity contribution in [1.29, 1.82) is 0 Å². The van der Waals surface area contributed by atoms with E-state index in [4.69, 9.17) is 4.74 Å². The molecule has 0 atom stereocenters. The van der Waals surface area contributed by atoms with Crippen LogP contribution in [0.25, 0.3) is 0 Å². The Balaban J connectivity index is 1.40. The van der Waals surface area contributed by atoms with E-state index >= 15 is 0 Å². The Kier molecular flexibility index (Phi) is 4.57. The van der Waals surface area contributed by atoms with Crippen LogP contribution in [0.2, 0.25) is 0 Å². The number of imide groups is 1. The van der Waals surface area contributed by atoms with Crippen LogP contribution in [0.5, 0.6) is 11.5 Å². The normalized spacial score (nSPS) is 17.2. The van der Waals surface area contributed by atoms with Gasteiger partial charge in [-0.25, -0.2) is 4.39 Å². The summed E-state index contributed by atoms with van der Waals surface area (Å²) in [6.45, 7) is 0.667. The summed E-state index contributed by atoms with van der Waals surface area (Å²) in [4.78, 5) is 38.9. The number of ether oxygens (including phenoxy) is 1. The predicted octanol–water partition coefficient (Wildman–Crippen LogP) is 3.14. The van der Waals surface area contributed by atoms with Crippen LogP contribution in [0.4, 0.5) is 9.18 Å². The maximum Gasteiger partial charge on any atom is 0.289 e. The second-order valence-corrected chi connectivity index (χ2v) is 7.19. The lowest BCUT2D eigenvalue weighted by molar-refractivity contribution is -0.128. The molecule has 0 N–H and O–H groups in total. The van der Waals surface area contributed by atoms with Gasteiger partial charge in [-0.15, -0.1) is 0 Å². The van der Waals surface area contributed by atoms with E-state index in [0.29, 0.717) is 30.2 Å². The molecule has 2 saturated heterocycles. The number of likely N-dealkylation sites (tertiary alicyclic amines) is 1. The first kappa shape index (κ1) is 17.5. The number of benzene rings is 2. The number of carbonyl (C=O) groups is 3. The summed E-state index contributed by atoms with van der Waals surface area (Å²) in [6.07, 6.45) is 0. The fraction of sp³-hybridized carbons (Fsp3) is 0.211. The zero-order chi connectivity index (χ0) is 19.0. The van der Waals surface area contributed by atoms with Gasteiger partial charge in [-0.2, -0.15) is 0 Å². The predicted molar refractivity (Wildman–Crippen MR) is 97.3 cm³/mol. The second kappa shape index (κ2) is 7.03. The molecule has 2 aliphatic heterocycles. The van der Waals surface area contributed by atoms with Crippen LogP contribution in [-0.2, 0) is 4.79 Å². The first-order valence-electron chi connectivity index (χ1n) is 8.33. The third-order valence-electron chi connectivity index (χ3n) is 4.43. The third kappa shape index (κ3) is 3.52. The van der Waals surface area contributed by atoms with Crippen LogP contribution in [0.15, 0.2) is 48.5 Å². The van der Waals surface area contributed by atoms with Crippen molar-refractivity contribution in [2.75, 3.05) is 18.8 Å². The summed E-state index contributed by atoms with van der Waals surface area (Å²) in [5.74, 6) is 0.359. The van der Waals surface area contributed by atoms with Crippen molar-refractivity contribution in [2.24, 2.45) is 0 Å². The molecule has 2 fully saturated rings. The van der Waals surface area contributed by atoms with E-state index in [1.54, 1.807) is 29.2 Å². The van der Waals surface area contributed by atoms with Crippen molar-refractivity contribution < 1.29 is 23.5 Å². The maximum absolute atomic E-state index is 13.0. The topological polar surface area (TPSA) is 66.9 Å². The molecule has 2 heterocycles. The van der Waals surface area contributed by atoms with Gasteiger partial charge in [0, 0.05) is 18.7 Å². The van der Waals surface area contributed by atoms with Gasteiger partial charge in [-0.3, -0.25) is 19.3 Å². The van der Waals surface area contributed by atoms with E-state index < -0.39 is 0 Å². The fourth-order valence-corrected chi connectivity index (χ4v) is 3.79. The quantitative estimate of drug-likeness (QED) is 0.808. The van der Waals surface area contributed by atoms with E-state index in [9.17, 15) is 18.8 Å². The number of hydrogen-bond donors (Lipinski definition) is 0. The smallest absolute Gasteiger partial charge is 0.289 e. The van der Waals surface area contributed by atoms with Crippen LogP contribution < -0.4 is 4.74 Å². The fourth-order valence-electron chi connectivity index (χ4n) is 3.02. The zero-order valence-corrected chi connectivity index (χ0v) is 14.9. The number of halogens is 1. The van der Waals surface area contributed by atoms with Crippen molar-refractivity contribution in [3.05, 3.63) is 59.9 Å². The van der Waals surface area contributed by atoms with E-state index in [1.165, 1.54) is 29.2 Å². The molecule has 0 spiro atoms. The third-order valence-corrected chi connectivity index (χ3v) is 5.26. The maximum atomic E-state index is 13.0. The number of rotatable bonds is 4. The van der Waals surface area contributed by atoms with Gasteiger partial charge in [0.1, 0.15) is 17.3 Å². The SMILES string of the molecule is O=C(c1cccc(Oc2ccc(F)cc2)c1)N1CC(N2C(=O)CSC2=O)C1. The molecule has 6 nitrogen and oxygen atoms in total. The second-order valence-electron chi connectivity index (χ2n) is 6.27. The molecule has 0 aliphatic carbocycles. The van der Waals surface area contributed by atoms with Gasteiger partial charge in [0.25, 0.3) is 11.1 Å². The Morgan fingerprint density at radius 3 is 2.48 bits per heavy atom. The molecule has 2 aromatic carbocycles. The molecule has 8 heteroatoms. The van der Waals surface area contributed by atoms with E-state index in [-0.39, 0.29) is 34.7 Å². The van der Waals surface area contributed by atoms with Crippen LogP contribution in [0.3, 0.4) is 0 Å². The van der Waals surface area contributed by atoms with Crippen molar-refractivity contribution in [3.63, 3.8) is 0 Å². The van der Waals surface area contributed by atoms with E-state index in [1.807, 2.05) is 0 Å². The van der Waals surface area contributed by atoms with Gasteiger partial charge in [0.15, 0.2) is 0 Å². The number of amides is 3. The minimum absolute atomic E-state index is 0.173. The molecule has 4 rings (SSSR count). The van der Waals surface area contributed by atoms with Gasteiger partial charge in [-0.1, -0.05) is 17.8 Å². The lowest BCUT2D eigenvalue weighted by atomic mass is 10.0. The van der Waals surface area contributed by atoms with Crippen LogP contribution in [0.1, 0.15) is 10.4 Å². The highest BCUT2D eigenvalue weighted by Crippen LogP contribution is 2.28. The summed E-state index contributed by atoms with van der Waals surface area (Å²) in [5, 5.41) is -0.244. The average molecular weight is 386 g/mol. The molecular formula is C19H15FN2O4S. The highest BCUT2D eigenvalue weighted by atomic mass is 32.2. The van der Waals surface area contributed by atoms with Crippen molar-refractivity contribution in [3.8, 4) is 11.5 Å².